The first kappa shape index (κ1) is 17.4. The summed E-state index contributed by atoms with van der Waals surface area (Å²) in [6.45, 7) is 3.59. The van der Waals surface area contributed by atoms with Crippen molar-refractivity contribution in [1.29, 1.82) is 0 Å². The summed E-state index contributed by atoms with van der Waals surface area (Å²) in [5.74, 6) is 1.05. The number of carbonyl (C=O) groups is 1. The van der Waals surface area contributed by atoms with E-state index in [4.69, 9.17) is 5.73 Å². The largest absolute Gasteiger partial charge is 0.338 e. The van der Waals surface area contributed by atoms with Gasteiger partial charge in [0.1, 0.15) is 0 Å². The zero-order valence-electron chi connectivity index (χ0n) is 14.7. The standard InChI is InChI=1S/C20H31N3O/c21-12-14-22(15-17-7-2-1-3-8-17)16-20(24)23-13-6-10-18-9-4-5-11-19(18)23/h1-3,7-8,18-19H,4-6,9-16,21H2. The summed E-state index contributed by atoms with van der Waals surface area (Å²) in [6.07, 6.45) is 7.61. The van der Waals surface area contributed by atoms with Crippen molar-refractivity contribution in [1.82, 2.24) is 9.80 Å². The molecule has 0 radical (unpaired) electrons. The molecule has 1 saturated carbocycles. The minimum Gasteiger partial charge on any atom is -0.338 e. The monoisotopic (exact) mass is 329 g/mol. The summed E-state index contributed by atoms with van der Waals surface area (Å²) in [6, 6.07) is 10.9. The Bertz CT molecular complexity index is 517. The molecule has 4 heteroatoms. The molecule has 1 aromatic carbocycles. The number of fused-ring (bicyclic) bond motifs is 1. The summed E-state index contributed by atoms with van der Waals surface area (Å²) in [5, 5.41) is 0. The van der Waals surface area contributed by atoms with Gasteiger partial charge in [-0.25, -0.2) is 0 Å². The smallest absolute Gasteiger partial charge is 0.237 e. The van der Waals surface area contributed by atoms with Crippen molar-refractivity contribution in [3.63, 3.8) is 0 Å². The molecule has 132 valence electrons. The Morgan fingerprint density at radius 3 is 2.67 bits per heavy atom. The van der Waals surface area contributed by atoms with Crippen LogP contribution in [0.2, 0.25) is 0 Å². The number of piperidine rings is 1. The van der Waals surface area contributed by atoms with Crippen LogP contribution in [-0.4, -0.2) is 47.9 Å². The molecular formula is C20H31N3O. The van der Waals surface area contributed by atoms with E-state index >= 15 is 0 Å². The lowest BCUT2D eigenvalue weighted by atomic mass is 9.78. The lowest BCUT2D eigenvalue weighted by molar-refractivity contribution is -0.138. The molecule has 2 aliphatic rings. The predicted molar refractivity (Wildman–Crippen MR) is 97.5 cm³/mol. The van der Waals surface area contributed by atoms with Crippen molar-refractivity contribution in [2.45, 2.75) is 51.1 Å². The predicted octanol–water partition coefficient (Wildman–Crippen LogP) is 2.63. The normalized spacial score (nSPS) is 24.0. The number of likely N-dealkylation sites (tertiary alicyclic amines) is 1. The van der Waals surface area contributed by atoms with Crippen LogP contribution in [0, 0.1) is 5.92 Å². The number of hydrogen-bond donors (Lipinski definition) is 1. The van der Waals surface area contributed by atoms with Gasteiger partial charge >= 0.3 is 0 Å². The Hall–Kier alpha value is -1.39. The highest BCUT2D eigenvalue weighted by atomic mass is 16.2. The molecule has 2 unspecified atom stereocenters. The van der Waals surface area contributed by atoms with Gasteiger partial charge in [0.15, 0.2) is 0 Å². The van der Waals surface area contributed by atoms with Gasteiger partial charge in [0.2, 0.25) is 5.91 Å². The number of nitrogens with zero attached hydrogens (tertiary/aromatic N) is 2. The number of nitrogens with two attached hydrogens (primary N) is 1. The van der Waals surface area contributed by atoms with E-state index < -0.39 is 0 Å². The molecule has 4 nitrogen and oxygen atoms in total. The average molecular weight is 329 g/mol. The van der Waals surface area contributed by atoms with E-state index in [0.29, 0.717) is 25.0 Å². The van der Waals surface area contributed by atoms with Crippen LogP contribution in [0.25, 0.3) is 0 Å². The molecule has 2 fully saturated rings. The summed E-state index contributed by atoms with van der Waals surface area (Å²) in [5.41, 5.74) is 7.02. The molecule has 0 aromatic heterocycles. The second-order valence-corrected chi connectivity index (χ2v) is 7.33. The van der Waals surface area contributed by atoms with E-state index in [-0.39, 0.29) is 0 Å². The van der Waals surface area contributed by atoms with Crippen LogP contribution in [0.4, 0.5) is 0 Å². The second-order valence-electron chi connectivity index (χ2n) is 7.33. The van der Waals surface area contributed by atoms with Crippen molar-refractivity contribution < 1.29 is 4.79 Å². The third-order valence-electron chi connectivity index (χ3n) is 5.62. The molecule has 1 saturated heterocycles. The van der Waals surface area contributed by atoms with E-state index in [1.54, 1.807) is 0 Å². The van der Waals surface area contributed by atoms with Crippen LogP contribution in [0.5, 0.6) is 0 Å². The van der Waals surface area contributed by atoms with Crippen molar-refractivity contribution in [3.8, 4) is 0 Å². The number of rotatable bonds is 6. The quantitative estimate of drug-likeness (QED) is 0.873. The number of benzene rings is 1. The molecule has 0 spiro atoms. The van der Waals surface area contributed by atoms with Gasteiger partial charge in [-0.2, -0.15) is 0 Å². The molecule has 1 aliphatic heterocycles. The van der Waals surface area contributed by atoms with Crippen LogP contribution >= 0.6 is 0 Å². The maximum absolute atomic E-state index is 13.0. The van der Waals surface area contributed by atoms with Crippen LogP contribution in [-0.2, 0) is 11.3 Å². The molecule has 2 atom stereocenters. The van der Waals surface area contributed by atoms with Gasteiger partial charge in [0, 0.05) is 32.2 Å². The highest BCUT2D eigenvalue weighted by Crippen LogP contribution is 2.35. The first-order valence-electron chi connectivity index (χ1n) is 9.53. The summed E-state index contributed by atoms with van der Waals surface area (Å²) < 4.78 is 0. The Labute approximate surface area is 146 Å². The van der Waals surface area contributed by atoms with Crippen LogP contribution in [0.15, 0.2) is 30.3 Å². The third kappa shape index (κ3) is 4.37. The third-order valence-corrected chi connectivity index (χ3v) is 5.62. The van der Waals surface area contributed by atoms with Gasteiger partial charge < -0.3 is 10.6 Å². The van der Waals surface area contributed by atoms with Gasteiger partial charge in [0.25, 0.3) is 0 Å². The average Bonchev–Trinajstić information content (AvgIpc) is 2.62. The number of hydrogen-bond acceptors (Lipinski definition) is 3. The van der Waals surface area contributed by atoms with E-state index in [9.17, 15) is 4.79 Å². The fraction of sp³-hybridized carbons (Fsp3) is 0.650. The zero-order chi connectivity index (χ0) is 16.8. The summed E-state index contributed by atoms with van der Waals surface area (Å²) >= 11 is 0. The van der Waals surface area contributed by atoms with Gasteiger partial charge in [-0.05, 0) is 37.2 Å². The fourth-order valence-corrected chi connectivity index (χ4v) is 4.45. The van der Waals surface area contributed by atoms with E-state index in [0.717, 1.165) is 25.6 Å². The summed E-state index contributed by atoms with van der Waals surface area (Å²) in [7, 11) is 0. The first-order valence-corrected chi connectivity index (χ1v) is 9.53. The lowest BCUT2D eigenvalue weighted by Crippen LogP contribution is -2.52. The minimum atomic E-state index is 0.302. The maximum Gasteiger partial charge on any atom is 0.237 e. The first-order chi connectivity index (χ1) is 11.8. The molecule has 1 heterocycles. The summed E-state index contributed by atoms with van der Waals surface area (Å²) in [4.78, 5) is 17.4. The van der Waals surface area contributed by atoms with Gasteiger partial charge in [-0.3, -0.25) is 9.69 Å². The van der Waals surface area contributed by atoms with E-state index in [2.05, 4.69) is 34.1 Å². The Kier molecular flexibility index (Phi) is 6.27. The van der Waals surface area contributed by atoms with Crippen molar-refractivity contribution in [2.75, 3.05) is 26.2 Å². The molecule has 3 rings (SSSR count). The second kappa shape index (κ2) is 8.63. The van der Waals surface area contributed by atoms with Crippen LogP contribution < -0.4 is 5.73 Å². The highest BCUT2D eigenvalue weighted by molar-refractivity contribution is 5.78. The van der Waals surface area contributed by atoms with E-state index in [1.807, 2.05) is 6.07 Å². The fourth-order valence-electron chi connectivity index (χ4n) is 4.45. The number of carbonyl (C=O) groups excluding carboxylic acids is 1. The SMILES string of the molecule is NCCN(CC(=O)N1CCCC2CCCCC21)Cc1ccccc1. The van der Waals surface area contributed by atoms with Gasteiger partial charge in [-0.1, -0.05) is 43.2 Å². The minimum absolute atomic E-state index is 0.302. The van der Waals surface area contributed by atoms with Crippen molar-refractivity contribution >= 4 is 5.91 Å². The lowest BCUT2D eigenvalue weighted by Gasteiger charge is -2.44. The Morgan fingerprint density at radius 2 is 1.88 bits per heavy atom. The topological polar surface area (TPSA) is 49.6 Å². The Morgan fingerprint density at radius 1 is 1.12 bits per heavy atom. The van der Waals surface area contributed by atoms with Crippen LogP contribution in [0.3, 0.4) is 0 Å². The van der Waals surface area contributed by atoms with Gasteiger partial charge in [0.05, 0.1) is 6.54 Å². The molecule has 1 aromatic rings. The molecule has 2 N–H and O–H groups in total. The molecule has 1 amide bonds. The van der Waals surface area contributed by atoms with Crippen molar-refractivity contribution in [3.05, 3.63) is 35.9 Å². The Balaban J connectivity index is 1.62. The molecule has 1 aliphatic carbocycles. The van der Waals surface area contributed by atoms with Crippen LogP contribution in [0.1, 0.15) is 44.1 Å². The molecule has 0 bridgehead atoms. The number of amides is 1. The molecular weight excluding hydrogens is 298 g/mol. The molecule has 24 heavy (non-hydrogen) atoms. The zero-order valence-corrected chi connectivity index (χ0v) is 14.7. The van der Waals surface area contributed by atoms with E-state index in [1.165, 1.54) is 44.1 Å². The maximum atomic E-state index is 13.0. The van der Waals surface area contributed by atoms with Gasteiger partial charge in [-0.15, -0.1) is 0 Å². The van der Waals surface area contributed by atoms with Crippen molar-refractivity contribution in [2.24, 2.45) is 11.7 Å². The highest BCUT2D eigenvalue weighted by Gasteiger charge is 2.35.